The van der Waals surface area contributed by atoms with E-state index in [0.717, 1.165) is 4.57 Å². The van der Waals surface area contributed by atoms with Gasteiger partial charge in [-0.3, -0.25) is 14.3 Å². The molecule has 1 saturated heterocycles. The van der Waals surface area contributed by atoms with E-state index in [1.54, 1.807) is 6.19 Å². The third-order valence-corrected chi connectivity index (χ3v) is 4.34. The van der Waals surface area contributed by atoms with Gasteiger partial charge in [0, 0.05) is 17.0 Å². The Kier molecular flexibility index (Phi) is 5.57. The van der Waals surface area contributed by atoms with Gasteiger partial charge in [-0.1, -0.05) is 22.6 Å². The Bertz CT molecular complexity index is 681. The van der Waals surface area contributed by atoms with Gasteiger partial charge < -0.3 is 20.3 Å². The Morgan fingerprint density at radius 2 is 2.36 bits per heavy atom. The molecule has 1 aliphatic heterocycles. The summed E-state index contributed by atoms with van der Waals surface area (Å²) in [7, 11) is 0. The van der Waals surface area contributed by atoms with Gasteiger partial charge in [-0.15, -0.1) is 0 Å². The number of alkyl halides is 1. The lowest BCUT2D eigenvalue weighted by Gasteiger charge is -2.17. The van der Waals surface area contributed by atoms with Crippen molar-refractivity contribution in [1.29, 1.82) is 5.26 Å². The van der Waals surface area contributed by atoms with Crippen LogP contribution in [0, 0.1) is 11.5 Å². The molecule has 4 atom stereocenters. The molecule has 1 unspecified atom stereocenters. The fourth-order valence-electron chi connectivity index (χ4n) is 2.29. The average molecular weight is 422 g/mol. The molecule has 1 fully saturated rings. The number of ether oxygens (including phenoxy) is 1. The molecule has 120 valence electrons. The summed E-state index contributed by atoms with van der Waals surface area (Å²) in [5.41, 5.74) is -1.03. The molecule has 0 bridgehead atoms. The molecule has 1 aliphatic rings. The van der Waals surface area contributed by atoms with E-state index in [1.807, 2.05) is 22.6 Å². The molecule has 1 aromatic heterocycles. The zero-order valence-corrected chi connectivity index (χ0v) is 13.6. The van der Waals surface area contributed by atoms with E-state index >= 15 is 0 Å². The average Bonchev–Trinajstić information content (AvgIpc) is 2.86. The number of halogens is 1. The van der Waals surface area contributed by atoms with Crippen molar-refractivity contribution in [3.63, 3.8) is 0 Å². The van der Waals surface area contributed by atoms with Gasteiger partial charge in [0.15, 0.2) is 6.19 Å². The van der Waals surface area contributed by atoms with E-state index in [9.17, 15) is 14.7 Å². The normalized spacial score (nSPS) is 25.6. The quantitative estimate of drug-likeness (QED) is 0.201. The van der Waals surface area contributed by atoms with Crippen LogP contribution >= 0.6 is 22.6 Å². The zero-order valence-electron chi connectivity index (χ0n) is 11.4. The monoisotopic (exact) mass is 422 g/mol. The maximum atomic E-state index is 11.9. The minimum absolute atomic E-state index is 0.122. The summed E-state index contributed by atoms with van der Waals surface area (Å²) in [6.07, 6.45) is 0.768. The van der Waals surface area contributed by atoms with Gasteiger partial charge in [-0.2, -0.15) is 5.26 Å². The first-order valence-electron chi connectivity index (χ1n) is 6.52. The molecule has 0 amide bonds. The summed E-state index contributed by atoms with van der Waals surface area (Å²) in [6.45, 7) is -0.366. The van der Waals surface area contributed by atoms with Crippen LogP contribution in [0.1, 0.15) is 24.3 Å². The first-order valence-corrected chi connectivity index (χ1v) is 8.04. The Morgan fingerprint density at radius 1 is 1.64 bits per heavy atom. The first-order chi connectivity index (χ1) is 10.5. The van der Waals surface area contributed by atoms with Crippen molar-refractivity contribution in [2.45, 2.75) is 30.9 Å². The second-order valence-electron chi connectivity index (χ2n) is 4.83. The van der Waals surface area contributed by atoms with Crippen LogP contribution in [0.15, 0.2) is 15.8 Å². The minimum atomic E-state index is -0.894. The molecule has 10 heteroatoms. The van der Waals surface area contributed by atoms with Crippen LogP contribution in [0.5, 0.6) is 0 Å². The summed E-state index contributed by atoms with van der Waals surface area (Å²) in [5.74, 6) is 0. The molecule has 1 aromatic rings. The number of aliphatic hydroxyl groups excluding tert-OH is 2. The number of hydrogen-bond acceptors (Lipinski definition) is 7. The van der Waals surface area contributed by atoms with Gasteiger partial charge in [0.25, 0.3) is 5.56 Å². The molecule has 9 nitrogen and oxygen atoms in total. The fraction of sp³-hybridized carbons (Fsp3) is 0.583. The second kappa shape index (κ2) is 7.23. The SMILES string of the molecule is N#CNC(CI)c1cn([C@H]2C[C@H](O)[C@@H](CO)O2)c(=O)[nH]c1=O. The van der Waals surface area contributed by atoms with E-state index < -0.39 is 35.7 Å². The van der Waals surface area contributed by atoms with Crippen molar-refractivity contribution in [2.75, 3.05) is 11.0 Å². The highest BCUT2D eigenvalue weighted by Gasteiger charge is 2.35. The van der Waals surface area contributed by atoms with Crippen molar-refractivity contribution in [1.82, 2.24) is 14.9 Å². The molecule has 0 aromatic carbocycles. The smallest absolute Gasteiger partial charge is 0.330 e. The molecule has 2 heterocycles. The third-order valence-electron chi connectivity index (χ3n) is 3.46. The van der Waals surface area contributed by atoms with Gasteiger partial charge in [0.2, 0.25) is 0 Å². The van der Waals surface area contributed by atoms with Crippen LogP contribution in [0.25, 0.3) is 0 Å². The van der Waals surface area contributed by atoms with Crippen molar-refractivity contribution in [2.24, 2.45) is 0 Å². The molecule has 0 spiro atoms. The van der Waals surface area contributed by atoms with Crippen LogP contribution in [0.2, 0.25) is 0 Å². The highest BCUT2D eigenvalue weighted by molar-refractivity contribution is 14.1. The lowest BCUT2D eigenvalue weighted by molar-refractivity contribution is -0.0460. The van der Waals surface area contributed by atoms with E-state index in [0.29, 0.717) is 4.43 Å². The molecule has 0 radical (unpaired) electrons. The number of rotatable bonds is 5. The van der Waals surface area contributed by atoms with Crippen LogP contribution in [-0.4, -0.2) is 43.0 Å². The lowest BCUT2D eigenvalue weighted by Crippen LogP contribution is -2.37. The topological polar surface area (TPSA) is 140 Å². The predicted molar refractivity (Wildman–Crippen MR) is 83.3 cm³/mol. The van der Waals surface area contributed by atoms with E-state index in [1.165, 1.54) is 6.20 Å². The van der Waals surface area contributed by atoms with Crippen LogP contribution in [0.3, 0.4) is 0 Å². The Hall–Kier alpha value is -1.42. The fourth-order valence-corrected chi connectivity index (χ4v) is 2.99. The summed E-state index contributed by atoms with van der Waals surface area (Å²) in [5, 5.41) is 30.0. The molecular formula is C12H15IN4O5. The van der Waals surface area contributed by atoms with Crippen molar-refractivity contribution in [3.05, 3.63) is 32.6 Å². The van der Waals surface area contributed by atoms with Gasteiger partial charge in [0.05, 0.1) is 24.3 Å². The van der Waals surface area contributed by atoms with Gasteiger partial charge in [-0.05, 0) is 0 Å². The molecule has 0 saturated carbocycles. The van der Waals surface area contributed by atoms with E-state index in [4.69, 9.17) is 15.1 Å². The summed E-state index contributed by atoms with van der Waals surface area (Å²) < 4.78 is 7.02. The van der Waals surface area contributed by atoms with Crippen LogP contribution in [0.4, 0.5) is 0 Å². The molecule has 2 rings (SSSR count). The summed E-state index contributed by atoms with van der Waals surface area (Å²) in [4.78, 5) is 26.0. The highest BCUT2D eigenvalue weighted by Crippen LogP contribution is 2.27. The summed E-state index contributed by atoms with van der Waals surface area (Å²) >= 11 is 2.02. The Balaban J connectivity index is 2.39. The maximum absolute atomic E-state index is 11.9. The first kappa shape index (κ1) is 16.9. The van der Waals surface area contributed by atoms with Gasteiger partial charge in [0.1, 0.15) is 12.3 Å². The van der Waals surface area contributed by atoms with E-state index in [2.05, 4.69) is 10.3 Å². The minimum Gasteiger partial charge on any atom is -0.394 e. The Morgan fingerprint density at radius 3 is 2.91 bits per heavy atom. The highest BCUT2D eigenvalue weighted by atomic mass is 127. The molecule has 4 N–H and O–H groups in total. The number of H-pyrrole nitrogens is 1. The number of aromatic nitrogens is 2. The predicted octanol–water partition coefficient (Wildman–Crippen LogP) is -1.28. The zero-order chi connectivity index (χ0) is 16.3. The maximum Gasteiger partial charge on any atom is 0.330 e. The van der Waals surface area contributed by atoms with Gasteiger partial charge in [-0.25, -0.2) is 4.79 Å². The molecule has 22 heavy (non-hydrogen) atoms. The van der Waals surface area contributed by atoms with Crippen molar-refractivity contribution in [3.8, 4) is 6.19 Å². The number of nitrogens with zero attached hydrogens (tertiary/aromatic N) is 2. The molecular weight excluding hydrogens is 407 g/mol. The number of nitrogens with one attached hydrogen (secondary N) is 2. The standard InChI is InChI=1S/C12H15IN4O5/c13-2-7(15-5-14)6-3-17(12(21)16-11(6)20)10-1-8(19)9(4-18)22-10/h3,7-10,15,18-19H,1-2,4H2,(H,16,20,21)/t7?,8-,9+,10+/m0/s1. The summed E-state index contributed by atoms with van der Waals surface area (Å²) in [6, 6.07) is -0.541. The lowest BCUT2D eigenvalue weighted by atomic mass is 10.1. The second-order valence-corrected chi connectivity index (χ2v) is 5.71. The van der Waals surface area contributed by atoms with E-state index in [-0.39, 0.29) is 18.6 Å². The molecule has 0 aliphatic carbocycles. The Labute approximate surface area is 138 Å². The van der Waals surface area contributed by atoms with Crippen LogP contribution in [-0.2, 0) is 4.74 Å². The van der Waals surface area contributed by atoms with Crippen molar-refractivity contribution < 1.29 is 14.9 Å². The number of aliphatic hydroxyl groups is 2. The van der Waals surface area contributed by atoms with Gasteiger partial charge >= 0.3 is 5.69 Å². The largest absolute Gasteiger partial charge is 0.394 e. The third kappa shape index (κ3) is 3.32. The number of hydrogen-bond donors (Lipinski definition) is 4. The number of aromatic amines is 1. The number of nitriles is 1. The van der Waals surface area contributed by atoms with Crippen LogP contribution < -0.4 is 16.6 Å². The van der Waals surface area contributed by atoms with Crippen molar-refractivity contribution >= 4 is 22.6 Å².